The Balaban J connectivity index is 2.15. The van der Waals surface area contributed by atoms with Crippen LogP contribution in [0, 0.1) is 10.7 Å². The van der Waals surface area contributed by atoms with Crippen LogP contribution in [0.3, 0.4) is 0 Å². The molecule has 2 nitrogen and oxygen atoms in total. The van der Waals surface area contributed by atoms with Crippen LogP contribution in [-0.4, -0.2) is 9.55 Å². The van der Waals surface area contributed by atoms with Crippen LogP contribution in [0.25, 0.3) is 11.0 Å². The Bertz CT molecular complexity index is 643. The van der Waals surface area contributed by atoms with E-state index in [0.29, 0.717) is 12.0 Å². The van der Waals surface area contributed by atoms with E-state index in [2.05, 4.69) is 50.6 Å². The summed E-state index contributed by atoms with van der Waals surface area (Å²) in [5.41, 5.74) is 2.38. The third-order valence-corrected chi connectivity index (χ3v) is 5.12. The van der Waals surface area contributed by atoms with Crippen molar-refractivity contribution < 1.29 is 0 Å². The van der Waals surface area contributed by atoms with E-state index < -0.39 is 0 Å². The van der Waals surface area contributed by atoms with Gasteiger partial charge in [0.05, 0.1) is 11.0 Å². The second kappa shape index (κ2) is 5.41. The van der Waals surface area contributed by atoms with E-state index in [1.54, 1.807) is 0 Å². The lowest BCUT2D eigenvalue weighted by molar-refractivity contribution is 0.338. The van der Waals surface area contributed by atoms with Gasteiger partial charge in [0.15, 0.2) is 4.77 Å². The quantitative estimate of drug-likeness (QED) is 0.529. The number of benzene rings is 1. The molecule has 2 aromatic rings. The van der Waals surface area contributed by atoms with Crippen LogP contribution < -0.4 is 0 Å². The van der Waals surface area contributed by atoms with Crippen LogP contribution in [0.5, 0.6) is 0 Å². The summed E-state index contributed by atoms with van der Waals surface area (Å²) < 4.78 is 4.33. The van der Waals surface area contributed by atoms with Gasteiger partial charge in [-0.3, -0.25) is 0 Å². The molecule has 2 unspecified atom stereocenters. The maximum Gasteiger partial charge on any atom is 0.178 e. The molecule has 1 aliphatic rings. The highest BCUT2D eigenvalue weighted by Gasteiger charge is 2.23. The normalized spacial score (nSPS) is 24.5. The van der Waals surface area contributed by atoms with Crippen LogP contribution in [0.4, 0.5) is 0 Å². The fourth-order valence-corrected chi connectivity index (χ4v) is 3.97. The maximum absolute atomic E-state index is 5.57. The Labute approximate surface area is 127 Å². The van der Waals surface area contributed by atoms with Crippen molar-refractivity contribution in [3.63, 3.8) is 0 Å². The van der Waals surface area contributed by atoms with Crippen molar-refractivity contribution in [1.82, 2.24) is 9.55 Å². The third-order valence-electron chi connectivity index (χ3n) is 4.33. The van der Waals surface area contributed by atoms with E-state index in [1.807, 2.05) is 0 Å². The second-order valence-electron chi connectivity index (χ2n) is 5.64. The van der Waals surface area contributed by atoms with Gasteiger partial charge in [-0.15, -0.1) is 0 Å². The number of imidazole rings is 1. The standard InChI is InChI=1S/C15H19BrN2S/c1-10-5-3-2-4-6-13(10)18-14-9-11(16)7-8-12(14)17-15(18)19/h7-10,13H,2-6H2,1H3,(H,17,19). The predicted octanol–water partition coefficient (Wildman–Crippen LogP) is 5.60. The molecular formula is C15H19BrN2S. The Morgan fingerprint density at radius 1 is 1.26 bits per heavy atom. The van der Waals surface area contributed by atoms with Gasteiger partial charge < -0.3 is 9.55 Å². The molecule has 1 saturated carbocycles. The van der Waals surface area contributed by atoms with E-state index >= 15 is 0 Å². The van der Waals surface area contributed by atoms with Gasteiger partial charge in [-0.2, -0.15) is 0 Å². The fraction of sp³-hybridized carbons (Fsp3) is 0.533. The van der Waals surface area contributed by atoms with Gasteiger partial charge in [-0.05, 0) is 49.2 Å². The Kier molecular flexibility index (Phi) is 3.81. The highest BCUT2D eigenvalue weighted by Crippen LogP contribution is 2.35. The zero-order valence-corrected chi connectivity index (χ0v) is 13.6. The summed E-state index contributed by atoms with van der Waals surface area (Å²) in [5.74, 6) is 0.701. The monoisotopic (exact) mass is 338 g/mol. The van der Waals surface area contributed by atoms with Crippen molar-refractivity contribution in [2.24, 2.45) is 5.92 Å². The molecule has 1 aliphatic carbocycles. The topological polar surface area (TPSA) is 20.7 Å². The Hall–Kier alpha value is -0.610. The van der Waals surface area contributed by atoms with Crippen molar-refractivity contribution >= 4 is 39.2 Å². The van der Waals surface area contributed by atoms with Gasteiger partial charge >= 0.3 is 0 Å². The van der Waals surface area contributed by atoms with Gasteiger partial charge in [0.2, 0.25) is 0 Å². The van der Waals surface area contributed by atoms with Crippen molar-refractivity contribution in [2.45, 2.75) is 45.1 Å². The zero-order valence-electron chi connectivity index (χ0n) is 11.2. The molecule has 1 heterocycles. The van der Waals surface area contributed by atoms with E-state index in [1.165, 1.54) is 37.6 Å². The first-order chi connectivity index (χ1) is 9.16. The van der Waals surface area contributed by atoms with Crippen LogP contribution in [-0.2, 0) is 0 Å². The van der Waals surface area contributed by atoms with Crippen molar-refractivity contribution in [3.8, 4) is 0 Å². The summed E-state index contributed by atoms with van der Waals surface area (Å²) in [4.78, 5) is 3.35. The van der Waals surface area contributed by atoms with Gasteiger partial charge in [-0.25, -0.2) is 0 Å². The van der Waals surface area contributed by atoms with Crippen molar-refractivity contribution in [2.75, 3.05) is 0 Å². The number of fused-ring (bicyclic) bond motifs is 1. The minimum atomic E-state index is 0.540. The van der Waals surface area contributed by atoms with Gasteiger partial charge in [0.1, 0.15) is 0 Å². The molecule has 0 aliphatic heterocycles. The first-order valence-corrected chi connectivity index (χ1v) is 8.26. The van der Waals surface area contributed by atoms with E-state index in [-0.39, 0.29) is 0 Å². The highest BCUT2D eigenvalue weighted by molar-refractivity contribution is 9.10. The summed E-state index contributed by atoms with van der Waals surface area (Å²) in [6.45, 7) is 2.37. The number of H-pyrrole nitrogens is 1. The SMILES string of the molecule is CC1CCCCCC1n1c(=S)[nH]c2ccc(Br)cc21. The molecule has 0 radical (unpaired) electrons. The zero-order chi connectivity index (χ0) is 13.4. The molecule has 1 aromatic heterocycles. The maximum atomic E-state index is 5.57. The molecule has 19 heavy (non-hydrogen) atoms. The van der Waals surface area contributed by atoms with Crippen molar-refractivity contribution in [3.05, 3.63) is 27.4 Å². The number of aromatic nitrogens is 2. The first kappa shape index (κ1) is 13.4. The fourth-order valence-electron chi connectivity index (χ4n) is 3.28. The molecule has 3 rings (SSSR count). The average molecular weight is 339 g/mol. The molecule has 102 valence electrons. The first-order valence-electron chi connectivity index (χ1n) is 7.06. The van der Waals surface area contributed by atoms with E-state index in [0.717, 1.165) is 14.8 Å². The van der Waals surface area contributed by atoms with Crippen LogP contribution >= 0.6 is 28.1 Å². The number of nitrogens with one attached hydrogen (secondary N) is 1. The summed E-state index contributed by atoms with van der Waals surface area (Å²) in [6.07, 6.45) is 6.59. The van der Waals surface area contributed by atoms with Crippen LogP contribution in [0.15, 0.2) is 22.7 Å². The number of rotatable bonds is 1. The number of nitrogens with zero attached hydrogens (tertiary/aromatic N) is 1. The molecule has 2 atom stereocenters. The largest absolute Gasteiger partial charge is 0.331 e. The Morgan fingerprint density at radius 2 is 2.05 bits per heavy atom. The van der Waals surface area contributed by atoms with Gasteiger partial charge in [0.25, 0.3) is 0 Å². The smallest absolute Gasteiger partial charge is 0.178 e. The van der Waals surface area contributed by atoms with Crippen LogP contribution in [0.2, 0.25) is 0 Å². The lowest BCUT2D eigenvalue weighted by Gasteiger charge is -2.23. The van der Waals surface area contributed by atoms with Crippen molar-refractivity contribution in [1.29, 1.82) is 0 Å². The Morgan fingerprint density at radius 3 is 2.89 bits per heavy atom. The highest BCUT2D eigenvalue weighted by atomic mass is 79.9. The third kappa shape index (κ3) is 2.52. The second-order valence-corrected chi connectivity index (χ2v) is 6.95. The molecule has 0 amide bonds. The number of hydrogen-bond acceptors (Lipinski definition) is 1. The molecule has 0 spiro atoms. The lowest BCUT2D eigenvalue weighted by Crippen LogP contribution is -2.16. The molecule has 0 saturated heterocycles. The summed E-state index contributed by atoms with van der Waals surface area (Å²) in [6, 6.07) is 6.89. The minimum absolute atomic E-state index is 0.540. The summed E-state index contributed by atoms with van der Waals surface area (Å²) in [5, 5.41) is 0. The number of halogens is 1. The average Bonchev–Trinajstić information content (AvgIpc) is 2.55. The van der Waals surface area contributed by atoms with Gasteiger partial charge in [0, 0.05) is 10.5 Å². The summed E-state index contributed by atoms with van der Waals surface area (Å²) >= 11 is 9.14. The van der Waals surface area contributed by atoms with Gasteiger partial charge in [-0.1, -0.05) is 42.1 Å². The molecule has 1 fully saturated rings. The predicted molar refractivity (Wildman–Crippen MR) is 86.1 cm³/mol. The van der Waals surface area contributed by atoms with E-state index in [4.69, 9.17) is 12.2 Å². The molecule has 1 N–H and O–H groups in total. The molecule has 4 heteroatoms. The lowest BCUT2D eigenvalue weighted by atomic mass is 9.96. The molecular weight excluding hydrogens is 320 g/mol. The number of aromatic amines is 1. The van der Waals surface area contributed by atoms with E-state index in [9.17, 15) is 0 Å². The minimum Gasteiger partial charge on any atom is -0.331 e. The van der Waals surface area contributed by atoms with Crippen LogP contribution in [0.1, 0.15) is 45.1 Å². The summed E-state index contributed by atoms with van der Waals surface area (Å²) in [7, 11) is 0. The molecule has 0 bridgehead atoms. The molecule has 1 aromatic carbocycles. The number of hydrogen-bond donors (Lipinski definition) is 1.